The molecule has 0 spiro atoms. The lowest BCUT2D eigenvalue weighted by Gasteiger charge is -2.18. The molecular formula is C8H10O. The molecule has 0 bridgehead atoms. The number of carbonyl (C=O) groups is 1. The molecule has 1 nitrogen and oxygen atoms in total. The van der Waals surface area contributed by atoms with Gasteiger partial charge in [0.15, 0.2) is 0 Å². The van der Waals surface area contributed by atoms with E-state index in [0.717, 1.165) is 24.2 Å². The predicted octanol–water partition coefficient (Wildman–Crippen LogP) is 1.69. The maximum Gasteiger partial charge on any atom is 0.145 e. The third-order valence-corrected chi connectivity index (χ3v) is 2.29. The van der Waals surface area contributed by atoms with Gasteiger partial charge >= 0.3 is 0 Å². The van der Waals surface area contributed by atoms with E-state index in [9.17, 15) is 4.79 Å². The fourth-order valence-corrected chi connectivity index (χ4v) is 1.45. The van der Waals surface area contributed by atoms with Crippen LogP contribution in [0.5, 0.6) is 0 Å². The largest absolute Gasteiger partial charge is 0.298 e. The minimum absolute atomic E-state index is 0.832. The van der Waals surface area contributed by atoms with Gasteiger partial charge in [0.1, 0.15) is 6.29 Å². The molecule has 0 aromatic rings. The van der Waals surface area contributed by atoms with Gasteiger partial charge in [-0.15, -0.1) is 0 Å². The molecule has 1 saturated carbocycles. The summed E-state index contributed by atoms with van der Waals surface area (Å²) in [4.78, 5) is 10.3. The summed E-state index contributed by atoms with van der Waals surface area (Å²) in [6, 6.07) is 0. The first-order valence-corrected chi connectivity index (χ1v) is 3.59. The van der Waals surface area contributed by atoms with Gasteiger partial charge in [-0.2, -0.15) is 0 Å². The maximum absolute atomic E-state index is 10.3. The van der Waals surface area contributed by atoms with E-state index in [1.807, 2.05) is 0 Å². The molecule has 0 aromatic heterocycles. The van der Waals surface area contributed by atoms with Crippen LogP contribution < -0.4 is 0 Å². The van der Waals surface area contributed by atoms with E-state index in [1.54, 1.807) is 0 Å². The normalized spacial score (nSPS) is 25.8. The Hall–Kier alpha value is -0.590. The zero-order valence-corrected chi connectivity index (χ0v) is 5.39. The Balaban J connectivity index is 2.16. The number of carbonyl (C=O) groups excluding carboxylic acids is 1. The highest BCUT2D eigenvalue weighted by molar-refractivity contribution is 5.77. The second kappa shape index (κ2) is 1.69. The van der Waals surface area contributed by atoms with Crippen LogP contribution in [0.4, 0.5) is 0 Å². The van der Waals surface area contributed by atoms with Gasteiger partial charge in [0, 0.05) is 0 Å². The minimum Gasteiger partial charge on any atom is -0.298 e. The second-order valence-corrected chi connectivity index (χ2v) is 2.94. The van der Waals surface area contributed by atoms with Crippen molar-refractivity contribution >= 4 is 6.29 Å². The van der Waals surface area contributed by atoms with Crippen LogP contribution in [0.2, 0.25) is 0 Å². The number of hydrogen-bond acceptors (Lipinski definition) is 1. The van der Waals surface area contributed by atoms with Crippen molar-refractivity contribution < 1.29 is 4.79 Å². The molecule has 2 rings (SSSR count). The Morgan fingerprint density at radius 2 is 2.11 bits per heavy atom. The molecular weight excluding hydrogens is 112 g/mol. The van der Waals surface area contributed by atoms with E-state index < -0.39 is 0 Å². The number of rotatable bonds is 2. The molecule has 0 radical (unpaired) electrons. The van der Waals surface area contributed by atoms with Crippen LogP contribution in [0.15, 0.2) is 11.1 Å². The molecule has 0 N–H and O–H groups in total. The van der Waals surface area contributed by atoms with E-state index in [0.29, 0.717) is 0 Å². The van der Waals surface area contributed by atoms with Gasteiger partial charge < -0.3 is 0 Å². The summed E-state index contributed by atoms with van der Waals surface area (Å²) in [5, 5.41) is 0. The first-order valence-electron chi connectivity index (χ1n) is 3.59. The third kappa shape index (κ3) is 0.716. The number of allylic oxidation sites excluding steroid dienone is 2. The Bertz CT molecular complexity index is 175. The topological polar surface area (TPSA) is 17.1 Å². The molecule has 48 valence electrons. The van der Waals surface area contributed by atoms with Crippen molar-refractivity contribution in [3.63, 3.8) is 0 Å². The smallest absolute Gasteiger partial charge is 0.145 e. The monoisotopic (exact) mass is 122 g/mol. The van der Waals surface area contributed by atoms with Gasteiger partial charge in [-0.25, -0.2) is 0 Å². The fraction of sp³-hybridized carbons (Fsp3) is 0.625. The zero-order valence-electron chi connectivity index (χ0n) is 5.39. The van der Waals surface area contributed by atoms with Crippen LogP contribution in [-0.2, 0) is 4.79 Å². The summed E-state index contributed by atoms with van der Waals surface area (Å²) in [6.07, 6.45) is 5.98. The van der Waals surface area contributed by atoms with E-state index >= 15 is 0 Å². The Labute approximate surface area is 54.8 Å². The second-order valence-electron chi connectivity index (χ2n) is 2.94. The number of aldehydes is 1. The van der Waals surface area contributed by atoms with Crippen molar-refractivity contribution in [2.75, 3.05) is 0 Å². The van der Waals surface area contributed by atoms with Crippen molar-refractivity contribution in [2.24, 2.45) is 5.92 Å². The summed E-state index contributed by atoms with van der Waals surface area (Å²) < 4.78 is 0. The van der Waals surface area contributed by atoms with E-state index in [-0.39, 0.29) is 0 Å². The maximum atomic E-state index is 10.3. The zero-order chi connectivity index (χ0) is 6.27. The summed E-state index contributed by atoms with van der Waals surface area (Å²) in [5.74, 6) is 0.832. The quantitative estimate of drug-likeness (QED) is 0.509. The first-order chi connectivity index (χ1) is 4.42. The number of hydrogen-bond donors (Lipinski definition) is 0. The van der Waals surface area contributed by atoms with Crippen molar-refractivity contribution in [1.29, 1.82) is 0 Å². The Morgan fingerprint density at radius 3 is 2.44 bits per heavy atom. The van der Waals surface area contributed by atoms with Gasteiger partial charge in [-0.3, -0.25) is 4.79 Å². The molecule has 2 aliphatic rings. The van der Waals surface area contributed by atoms with Crippen molar-refractivity contribution in [2.45, 2.75) is 25.7 Å². The summed E-state index contributed by atoms with van der Waals surface area (Å²) in [6.45, 7) is 0. The van der Waals surface area contributed by atoms with Gasteiger partial charge in [0.2, 0.25) is 0 Å². The van der Waals surface area contributed by atoms with Crippen molar-refractivity contribution in [1.82, 2.24) is 0 Å². The standard InChI is InChI=1S/C8H10O/c9-5-7-3-4-8(7)6-1-2-6/h5-6H,1-4H2. The Kier molecular flexibility index (Phi) is 0.981. The molecule has 0 aromatic carbocycles. The van der Waals surface area contributed by atoms with Gasteiger partial charge in [0.05, 0.1) is 0 Å². The highest BCUT2D eigenvalue weighted by atomic mass is 16.1. The average Bonchev–Trinajstić information content (AvgIpc) is 2.48. The summed E-state index contributed by atoms with van der Waals surface area (Å²) >= 11 is 0. The lowest BCUT2D eigenvalue weighted by atomic mass is 9.86. The molecule has 2 aliphatic carbocycles. The predicted molar refractivity (Wildman–Crippen MR) is 35.0 cm³/mol. The molecule has 0 heterocycles. The van der Waals surface area contributed by atoms with Gasteiger partial charge in [-0.1, -0.05) is 5.57 Å². The van der Waals surface area contributed by atoms with Crippen LogP contribution >= 0.6 is 0 Å². The molecule has 0 atom stereocenters. The van der Waals surface area contributed by atoms with E-state index in [4.69, 9.17) is 0 Å². The lowest BCUT2D eigenvalue weighted by Crippen LogP contribution is -2.06. The highest BCUT2D eigenvalue weighted by Crippen LogP contribution is 2.45. The van der Waals surface area contributed by atoms with E-state index in [1.165, 1.54) is 24.8 Å². The van der Waals surface area contributed by atoms with Crippen LogP contribution in [-0.4, -0.2) is 6.29 Å². The molecule has 0 aliphatic heterocycles. The molecule has 1 fully saturated rings. The minimum atomic E-state index is 0.832. The average molecular weight is 122 g/mol. The van der Waals surface area contributed by atoms with Crippen LogP contribution in [0, 0.1) is 5.92 Å². The van der Waals surface area contributed by atoms with Gasteiger partial charge in [-0.05, 0) is 37.2 Å². The Morgan fingerprint density at radius 1 is 1.33 bits per heavy atom. The highest BCUT2D eigenvalue weighted by Gasteiger charge is 2.31. The molecule has 0 amide bonds. The molecule has 0 unspecified atom stereocenters. The van der Waals surface area contributed by atoms with Crippen LogP contribution in [0.25, 0.3) is 0 Å². The lowest BCUT2D eigenvalue weighted by molar-refractivity contribution is -0.105. The summed E-state index contributed by atoms with van der Waals surface area (Å²) in [7, 11) is 0. The van der Waals surface area contributed by atoms with Crippen LogP contribution in [0.1, 0.15) is 25.7 Å². The fourth-order valence-electron chi connectivity index (χ4n) is 1.45. The van der Waals surface area contributed by atoms with E-state index in [2.05, 4.69) is 0 Å². The molecule has 0 saturated heterocycles. The van der Waals surface area contributed by atoms with Gasteiger partial charge in [0.25, 0.3) is 0 Å². The SMILES string of the molecule is O=CC1=C(C2CC2)CC1. The third-order valence-electron chi connectivity index (χ3n) is 2.29. The van der Waals surface area contributed by atoms with Crippen molar-refractivity contribution in [3.05, 3.63) is 11.1 Å². The van der Waals surface area contributed by atoms with Crippen molar-refractivity contribution in [3.8, 4) is 0 Å². The van der Waals surface area contributed by atoms with Crippen LogP contribution in [0.3, 0.4) is 0 Å². The molecule has 9 heavy (non-hydrogen) atoms. The summed E-state index contributed by atoms with van der Waals surface area (Å²) in [5.41, 5.74) is 2.59. The first kappa shape index (κ1) is 5.21. The molecule has 1 heteroatoms.